The second-order valence-electron chi connectivity index (χ2n) is 8.61. The molecule has 1 aliphatic rings. The highest BCUT2D eigenvalue weighted by atomic mass is 16.2. The highest BCUT2D eigenvalue weighted by Gasteiger charge is 2.30. The molecule has 1 amide bonds. The summed E-state index contributed by atoms with van der Waals surface area (Å²) in [4.78, 5) is 13.0. The summed E-state index contributed by atoms with van der Waals surface area (Å²) < 4.78 is 3.92. The van der Waals surface area contributed by atoms with Crippen LogP contribution in [0.2, 0.25) is 0 Å². The van der Waals surface area contributed by atoms with E-state index in [9.17, 15) is 4.79 Å². The van der Waals surface area contributed by atoms with E-state index in [0.717, 1.165) is 48.7 Å². The van der Waals surface area contributed by atoms with Crippen LogP contribution in [0.4, 0.5) is 5.69 Å². The molecular weight excluding hydrogens is 378 g/mol. The molecule has 2 N–H and O–H groups in total. The molecule has 8 heteroatoms. The van der Waals surface area contributed by atoms with Crippen molar-refractivity contribution in [3.63, 3.8) is 0 Å². The fourth-order valence-electron chi connectivity index (χ4n) is 3.80. The number of nitrogens with zero attached hydrogens (tertiary/aromatic N) is 5. The lowest BCUT2D eigenvalue weighted by Gasteiger charge is -2.29. The molecule has 0 aliphatic carbocycles. The molecular formula is C22H29N7O. The van der Waals surface area contributed by atoms with Crippen molar-refractivity contribution in [1.29, 1.82) is 0 Å². The van der Waals surface area contributed by atoms with Gasteiger partial charge in [0, 0.05) is 37.9 Å². The molecule has 1 atom stereocenters. The fourth-order valence-corrected chi connectivity index (χ4v) is 3.80. The fraction of sp³-hybridized carbons (Fsp3) is 0.455. The average molecular weight is 408 g/mol. The van der Waals surface area contributed by atoms with Crippen LogP contribution in [0.25, 0.3) is 11.4 Å². The minimum absolute atomic E-state index is 0.00165. The summed E-state index contributed by atoms with van der Waals surface area (Å²) in [6, 6.07) is 8.18. The van der Waals surface area contributed by atoms with Crippen molar-refractivity contribution in [3.8, 4) is 11.4 Å². The van der Waals surface area contributed by atoms with E-state index in [1.165, 1.54) is 5.56 Å². The molecule has 0 saturated carbocycles. The van der Waals surface area contributed by atoms with Crippen molar-refractivity contribution in [1.82, 2.24) is 29.9 Å². The maximum Gasteiger partial charge on any atom is 0.245 e. The maximum atomic E-state index is 13.0. The van der Waals surface area contributed by atoms with Gasteiger partial charge in [0.2, 0.25) is 5.91 Å². The first-order chi connectivity index (χ1) is 14.3. The number of aryl methyl sites for hydroxylation is 3. The van der Waals surface area contributed by atoms with Gasteiger partial charge in [0.1, 0.15) is 11.4 Å². The molecule has 0 fully saturated rings. The van der Waals surface area contributed by atoms with Gasteiger partial charge in [0.25, 0.3) is 0 Å². The van der Waals surface area contributed by atoms with Crippen LogP contribution >= 0.6 is 0 Å². The largest absolute Gasteiger partial charge is 0.372 e. The Labute approximate surface area is 176 Å². The number of hydrogen-bond acceptors (Lipinski definition) is 5. The first kappa shape index (κ1) is 20.1. The van der Waals surface area contributed by atoms with Crippen molar-refractivity contribution in [2.24, 2.45) is 7.05 Å². The summed E-state index contributed by atoms with van der Waals surface area (Å²) >= 11 is 0. The summed E-state index contributed by atoms with van der Waals surface area (Å²) in [7, 11) is 1.89. The van der Waals surface area contributed by atoms with Crippen LogP contribution in [0.15, 0.2) is 36.7 Å². The zero-order valence-corrected chi connectivity index (χ0v) is 18.0. The van der Waals surface area contributed by atoms with Gasteiger partial charge in [0.15, 0.2) is 5.82 Å². The Bertz CT molecular complexity index is 1030. The van der Waals surface area contributed by atoms with E-state index < -0.39 is 5.54 Å². The Balaban J connectivity index is 1.40. The third-order valence-corrected chi connectivity index (χ3v) is 5.62. The number of anilines is 1. The van der Waals surface area contributed by atoms with Gasteiger partial charge in [-0.15, -0.1) is 10.2 Å². The van der Waals surface area contributed by atoms with E-state index in [4.69, 9.17) is 0 Å². The van der Waals surface area contributed by atoms with Crippen molar-refractivity contribution in [3.05, 3.63) is 48.0 Å². The Morgan fingerprint density at radius 2 is 1.93 bits per heavy atom. The second kappa shape index (κ2) is 7.93. The highest BCUT2D eigenvalue weighted by molar-refractivity contribution is 5.88. The number of nitrogens with one attached hydrogen (secondary N) is 2. The molecule has 30 heavy (non-hydrogen) atoms. The Kier molecular flexibility index (Phi) is 5.32. The summed E-state index contributed by atoms with van der Waals surface area (Å²) in [5.74, 6) is 1.80. The van der Waals surface area contributed by atoms with Gasteiger partial charge in [-0.1, -0.05) is 17.7 Å². The molecule has 0 saturated heterocycles. The SMILES string of the molecule is Cc1ccc(NC(C)(C)C(=O)NC2CCc3nnc(-c4cnn(C)c4)n3CC2)cc1. The van der Waals surface area contributed by atoms with E-state index in [0.29, 0.717) is 0 Å². The monoisotopic (exact) mass is 407 g/mol. The quantitative estimate of drug-likeness (QED) is 0.679. The summed E-state index contributed by atoms with van der Waals surface area (Å²) in [6.45, 7) is 6.64. The molecule has 0 bridgehead atoms. The lowest BCUT2D eigenvalue weighted by atomic mass is 10.0. The predicted octanol–water partition coefficient (Wildman–Crippen LogP) is 2.70. The van der Waals surface area contributed by atoms with Gasteiger partial charge in [-0.05, 0) is 45.7 Å². The minimum atomic E-state index is -0.711. The molecule has 1 unspecified atom stereocenters. The summed E-state index contributed by atoms with van der Waals surface area (Å²) in [6.07, 6.45) is 6.22. The van der Waals surface area contributed by atoms with E-state index >= 15 is 0 Å². The smallest absolute Gasteiger partial charge is 0.245 e. The third kappa shape index (κ3) is 4.22. The van der Waals surface area contributed by atoms with E-state index in [1.54, 1.807) is 10.9 Å². The van der Waals surface area contributed by atoms with Gasteiger partial charge >= 0.3 is 0 Å². The number of rotatable bonds is 5. The number of carbonyl (C=O) groups excluding carboxylic acids is 1. The second-order valence-corrected chi connectivity index (χ2v) is 8.61. The zero-order valence-electron chi connectivity index (χ0n) is 18.0. The van der Waals surface area contributed by atoms with Crippen LogP contribution in [0, 0.1) is 6.92 Å². The number of carbonyl (C=O) groups is 1. The predicted molar refractivity (Wildman–Crippen MR) is 116 cm³/mol. The van der Waals surface area contributed by atoms with Crippen molar-refractivity contribution < 1.29 is 4.79 Å². The normalized spacial score (nSPS) is 16.6. The topological polar surface area (TPSA) is 89.7 Å². The van der Waals surface area contributed by atoms with Gasteiger partial charge in [-0.2, -0.15) is 5.10 Å². The van der Waals surface area contributed by atoms with Gasteiger partial charge < -0.3 is 15.2 Å². The lowest BCUT2D eigenvalue weighted by molar-refractivity contribution is -0.125. The molecule has 1 aliphatic heterocycles. The number of aromatic nitrogens is 5. The van der Waals surface area contributed by atoms with Crippen LogP contribution in [0.1, 0.15) is 38.1 Å². The summed E-state index contributed by atoms with van der Waals surface area (Å²) in [5.41, 5.74) is 2.38. The van der Waals surface area contributed by atoms with Gasteiger partial charge in [0.05, 0.1) is 11.8 Å². The van der Waals surface area contributed by atoms with Crippen molar-refractivity contribution in [2.45, 2.75) is 58.2 Å². The first-order valence-electron chi connectivity index (χ1n) is 10.4. The molecule has 3 heterocycles. The maximum absolute atomic E-state index is 13.0. The van der Waals surface area contributed by atoms with Crippen molar-refractivity contribution in [2.75, 3.05) is 5.32 Å². The Hall–Kier alpha value is -3.16. The average Bonchev–Trinajstić information content (AvgIpc) is 3.26. The standard InChI is InChI=1S/C22H29N7O/c1-15-5-7-18(8-6-15)25-22(2,3)21(30)24-17-9-10-19-26-27-20(29(19)12-11-17)16-13-23-28(4)14-16/h5-8,13-14,17,25H,9-12H2,1-4H3,(H,24,30). The van der Waals surface area contributed by atoms with E-state index in [-0.39, 0.29) is 11.9 Å². The number of hydrogen-bond donors (Lipinski definition) is 2. The molecule has 8 nitrogen and oxygen atoms in total. The molecule has 1 aromatic carbocycles. The van der Waals surface area contributed by atoms with E-state index in [1.807, 2.05) is 58.3 Å². The Morgan fingerprint density at radius 3 is 2.63 bits per heavy atom. The van der Waals surface area contributed by atoms with E-state index in [2.05, 4.69) is 30.5 Å². The Morgan fingerprint density at radius 1 is 1.17 bits per heavy atom. The van der Waals surface area contributed by atoms with Gasteiger partial charge in [-0.3, -0.25) is 9.48 Å². The molecule has 3 aromatic rings. The minimum Gasteiger partial charge on any atom is -0.372 e. The van der Waals surface area contributed by atoms with Crippen LogP contribution in [-0.2, 0) is 24.8 Å². The molecule has 0 radical (unpaired) electrons. The molecule has 158 valence electrons. The van der Waals surface area contributed by atoms with Gasteiger partial charge in [-0.25, -0.2) is 0 Å². The first-order valence-corrected chi connectivity index (χ1v) is 10.4. The highest BCUT2D eigenvalue weighted by Crippen LogP contribution is 2.23. The lowest BCUT2D eigenvalue weighted by Crippen LogP contribution is -2.51. The number of benzene rings is 1. The van der Waals surface area contributed by atoms with Crippen LogP contribution in [-0.4, -0.2) is 42.0 Å². The third-order valence-electron chi connectivity index (χ3n) is 5.62. The number of fused-ring (bicyclic) bond motifs is 1. The molecule has 2 aromatic heterocycles. The number of amides is 1. The zero-order chi connectivity index (χ0) is 21.3. The van der Waals surface area contributed by atoms with Crippen molar-refractivity contribution >= 4 is 11.6 Å². The molecule has 0 spiro atoms. The van der Waals surface area contributed by atoms with Crippen LogP contribution < -0.4 is 10.6 Å². The van der Waals surface area contributed by atoms with Crippen LogP contribution in [0.3, 0.4) is 0 Å². The summed E-state index contributed by atoms with van der Waals surface area (Å²) in [5, 5.41) is 19.6. The molecule has 4 rings (SSSR count). The van der Waals surface area contributed by atoms with Crippen LogP contribution in [0.5, 0.6) is 0 Å².